The van der Waals surface area contributed by atoms with Crippen LogP contribution in [0.4, 0.5) is 31.7 Å². The van der Waals surface area contributed by atoms with Gasteiger partial charge in [0, 0.05) is 56.5 Å². The lowest BCUT2D eigenvalue weighted by atomic mass is 10.1. The van der Waals surface area contributed by atoms with Crippen molar-refractivity contribution in [2.45, 2.75) is 19.9 Å². The number of hydrogen-bond donors (Lipinski definition) is 2. The molecule has 9 heteroatoms. The minimum absolute atomic E-state index is 0.276. The summed E-state index contributed by atoms with van der Waals surface area (Å²) < 4.78 is 34.6. The number of morpholine rings is 1. The molecule has 1 unspecified atom stereocenters. The first-order valence-corrected chi connectivity index (χ1v) is 11.3. The molecular weight excluding hydrogens is 426 g/mol. The summed E-state index contributed by atoms with van der Waals surface area (Å²) >= 11 is 0. The maximum atomic E-state index is 15.0. The number of anilines is 4. The van der Waals surface area contributed by atoms with Crippen molar-refractivity contribution < 1.29 is 13.5 Å². The van der Waals surface area contributed by atoms with E-state index in [-0.39, 0.29) is 5.39 Å². The fourth-order valence-corrected chi connectivity index (χ4v) is 4.62. The highest BCUT2D eigenvalue weighted by atomic mass is 19.1. The first kappa shape index (κ1) is 21.8. The van der Waals surface area contributed by atoms with Gasteiger partial charge in [-0.25, -0.2) is 13.8 Å². The Hall–Kier alpha value is -3.04. The number of nitrogens with one attached hydrogen (secondary N) is 2. The topological polar surface area (TPSA) is 65.5 Å². The molecule has 1 aromatic carbocycles. The fourth-order valence-electron chi connectivity index (χ4n) is 4.62. The molecule has 2 aliphatic heterocycles. The van der Waals surface area contributed by atoms with Crippen LogP contribution in [0.1, 0.15) is 12.5 Å². The summed E-state index contributed by atoms with van der Waals surface area (Å²) in [6, 6.07) is 4.49. The van der Waals surface area contributed by atoms with Crippen LogP contribution in [0.25, 0.3) is 10.9 Å². The third-order valence-corrected chi connectivity index (χ3v) is 6.26. The number of benzene rings is 1. The van der Waals surface area contributed by atoms with E-state index < -0.39 is 11.6 Å². The lowest BCUT2D eigenvalue weighted by Gasteiger charge is -2.34. The Bertz CT molecular complexity index is 1170. The summed E-state index contributed by atoms with van der Waals surface area (Å²) in [6.45, 7) is 9.35. The Labute approximate surface area is 191 Å². The lowest BCUT2D eigenvalue weighted by molar-refractivity contribution is 0.122. The number of nitrogens with zero attached hydrogens (tertiary/aromatic N) is 4. The largest absolute Gasteiger partial charge is 0.378 e. The number of piperazine rings is 1. The predicted molar refractivity (Wildman–Crippen MR) is 127 cm³/mol. The van der Waals surface area contributed by atoms with Gasteiger partial charge in [0.25, 0.3) is 0 Å². The zero-order valence-electron chi connectivity index (χ0n) is 18.9. The third kappa shape index (κ3) is 4.43. The monoisotopic (exact) mass is 454 g/mol. The molecule has 0 bridgehead atoms. The predicted octanol–water partition coefficient (Wildman–Crippen LogP) is 3.59. The molecule has 1 atom stereocenters. The van der Waals surface area contributed by atoms with E-state index in [1.54, 1.807) is 6.20 Å². The smallest absolute Gasteiger partial charge is 0.137 e. The standard InChI is InChI=1S/C24H28F2N6O/c1-15-14-32(4-3-28-15)24-16(2)23(22-20(26)9-17(25)10-21(22)30-24)29-18-11-19(13-27-12-18)31-5-7-33-8-6-31/h9-13,15,28H,3-8,14H2,1-2H3,(H,29,30). The first-order chi connectivity index (χ1) is 16.0. The number of rotatable bonds is 4. The Balaban J connectivity index is 1.58. The van der Waals surface area contributed by atoms with Crippen LogP contribution in [-0.4, -0.2) is 61.9 Å². The van der Waals surface area contributed by atoms with Crippen molar-refractivity contribution in [2.24, 2.45) is 0 Å². The molecule has 2 fully saturated rings. The number of pyridine rings is 2. The molecule has 0 radical (unpaired) electrons. The Morgan fingerprint density at radius 2 is 1.91 bits per heavy atom. The van der Waals surface area contributed by atoms with E-state index in [0.29, 0.717) is 30.5 Å². The highest BCUT2D eigenvalue weighted by molar-refractivity contribution is 5.97. The van der Waals surface area contributed by atoms with Gasteiger partial charge in [-0.1, -0.05) is 0 Å². The van der Waals surface area contributed by atoms with Gasteiger partial charge in [0.2, 0.25) is 0 Å². The van der Waals surface area contributed by atoms with E-state index in [1.807, 2.05) is 19.2 Å². The number of halogens is 2. The van der Waals surface area contributed by atoms with Crippen molar-refractivity contribution in [1.29, 1.82) is 0 Å². The molecule has 0 saturated carbocycles. The highest BCUT2D eigenvalue weighted by Gasteiger charge is 2.23. The van der Waals surface area contributed by atoms with Gasteiger partial charge in [-0.2, -0.15) is 0 Å². The van der Waals surface area contributed by atoms with Crippen LogP contribution < -0.4 is 20.4 Å². The van der Waals surface area contributed by atoms with Gasteiger partial charge in [0.1, 0.15) is 17.5 Å². The maximum Gasteiger partial charge on any atom is 0.137 e. The second kappa shape index (κ2) is 9.07. The summed E-state index contributed by atoms with van der Waals surface area (Å²) in [4.78, 5) is 13.5. The fraction of sp³-hybridized carbons (Fsp3) is 0.417. The number of hydrogen-bond acceptors (Lipinski definition) is 7. The van der Waals surface area contributed by atoms with Crippen molar-refractivity contribution in [3.8, 4) is 0 Å². The quantitative estimate of drug-likeness (QED) is 0.625. The van der Waals surface area contributed by atoms with Crippen LogP contribution in [0, 0.1) is 18.6 Å². The normalized spacial score (nSPS) is 19.2. The van der Waals surface area contributed by atoms with Crippen LogP contribution in [-0.2, 0) is 4.74 Å². The van der Waals surface area contributed by atoms with Gasteiger partial charge in [0.15, 0.2) is 0 Å². The molecule has 3 aromatic rings. The van der Waals surface area contributed by atoms with E-state index in [0.717, 1.165) is 61.5 Å². The lowest BCUT2D eigenvalue weighted by Crippen LogP contribution is -2.49. The molecule has 7 nitrogen and oxygen atoms in total. The number of ether oxygens (including phenoxy) is 1. The van der Waals surface area contributed by atoms with Gasteiger partial charge in [-0.3, -0.25) is 4.98 Å². The van der Waals surface area contributed by atoms with E-state index in [4.69, 9.17) is 4.74 Å². The molecule has 0 aliphatic carbocycles. The molecule has 33 heavy (non-hydrogen) atoms. The molecule has 0 spiro atoms. The van der Waals surface area contributed by atoms with Crippen LogP contribution in [0.15, 0.2) is 30.6 Å². The van der Waals surface area contributed by atoms with Crippen LogP contribution in [0.3, 0.4) is 0 Å². The zero-order chi connectivity index (χ0) is 22.9. The average molecular weight is 455 g/mol. The van der Waals surface area contributed by atoms with E-state index in [1.165, 1.54) is 6.07 Å². The minimum atomic E-state index is -0.641. The van der Waals surface area contributed by atoms with Crippen LogP contribution in [0.2, 0.25) is 0 Å². The van der Waals surface area contributed by atoms with Gasteiger partial charge >= 0.3 is 0 Å². The van der Waals surface area contributed by atoms with Gasteiger partial charge in [0.05, 0.1) is 53.6 Å². The van der Waals surface area contributed by atoms with Crippen LogP contribution in [0.5, 0.6) is 0 Å². The maximum absolute atomic E-state index is 15.0. The molecule has 2 saturated heterocycles. The third-order valence-electron chi connectivity index (χ3n) is 6.26. The molecule has 0 amide bonds. The molecule has 5 rings (SSSR count). The first-order valence-electron chi connectivity index (χ1n) is 11.3. The summed E-state index contributed by atoms with van der Waals surface area (Å²) in [5.74, 6) is -0.542. The number of fused-ring (bicyclic) bond motifs is 1. The van der Waals surface area contributed by atoms with Gasteiger partial charge < -0.3 is 25.2 Å². The van der Waals surface area contributed by atoms with E-state index >= 15 is 4.39 Å². The van der Waals surface area contributed by atoms with Gasteiger partial charge in [-0.15, -0.1) is 0 Å². The summed E-state index contributed by atoms with van der Waals surface area (Å²) in [7, 11) is 0. The van der Waals surface area contributed by atoms with E-state index in [9.17, 15) is 4.39 Å². The molecule has 2 aliphatic rings. The molecule has 2 N–H and O–H groups in total. The average Bonchev–Trinajstić information content (AvgIpc) is 2.81. The number of aromatic nitrogens is 2. The van der Waals surface area contributed by atoms with Crippen molar-refractivity contribution in [3.05, 3.63) is 47.8 Å². The minimum Gasteiger partial charge on any atom is -0.378 e. The molecular formula is C24H28F2N6O. The Morgan fingerprint density at radius 1 is 1.09 bits per heavy atom. The van der Waals surface area contributed by atoms with Crippen molar-refractivity contribution >= 4 is 33.8 Å². The Morgan fingerprint density at radius 3 is 2.70 bits per heavy atom. The second-order valence-corrected chi connectivity index (χ2v) is 8.67. The summed E-state index contributed by atoms with van der Waals surface area (Å²) in [5.41, 5.74) is 3.40. The van der Waals surface area contributed by atoms with Crippen molar-refractivity contribution in [2.75, 3.05) is 61.1 Å². The van der Waals surface area contributed by atoms with Crippen molar-refractivity contribution in [1.82, 2.24) is 15.3 Å². The summed E-state index contributed by atoms with van der Waals surface area (Å²) in [5, 5.41) is 7.08. The second-order valence-electron chi connectivity index (χ2n) is 8.67. The molecule has 2 aromatic heterocycles. The SMILES string of the molecule is Cc1c(N2CCNC(C)C2)nc2cc(F)cc(F)c2c1Nc1cncc(N2CCOCC2)c1. The van der Waals surface area contributed by atoms with E-state index in [2.05, 4.69) is 37.3 Å². The van der Waals surface area contributed by atoms with Crippen molar-refractivity contribution in [3.63, 3.8) is 0 Å². The molecule has 4 heterocycles. The molecule has 174 valence electrons. The highest BCUT2D eigenvalue weighted by Crippen LogP contribution is 2.37. The van der Waals surface area contributed by atoms with Gasteiger partial charge in [-0.05, 0) is 19.9 Å². The zero-order valence-corrected chi connectivity index (χ0v) is 18.9. The Kier molecular flexibility index (Phi) is 5.99. The van der Waals surface area contributed by atoms with Crippen LogP contribution >= 0.6 is 0 Å². The summed E-state index contributed by atoms with van der Waals surface area (Å²) in [6.07, 6.45) is 3.53.